The molecule has 0 radical (unpaired) electrons. The monoisotopic (exact) mass is 458 g/mol. The molecule has 5 heteroatoms. The summed E-state index contributed by atoms with van der Waals surface area (Å²) >= 11 is 0. The molecule has 1 aliphatic heterocycles. The predicted molar refractivity (Wildman–Crippen MR) is 139 cm³/mol. The van der Waals surface area contributed by atoms with Crippen LogP contribution >= 0.6 is 0 Å². The molecule has 2 atom stereocenters. The summed E-state index contributed by atoms with van der Waals surface area (Å²) in [4.78, 5) is 20.5. The zero-order valence-corrected chi connectivity index (χ0v) is 20.9. The lowest BCUT2D eigenvalue weighted by Crippen LogP contribution is -2.47. The first kappa shape index (κ1) is 22.9. The molecule has 5 rings (SSSR count). The molecule has 3 aromatic rings. The van der Waals surface area contributed by atoms with Crippen LogP contribution in [-0.4, -0.2) is 34.6 Å². The summed E-state index contributed by atoms with van der Waals surface area (Å²) in [7, 11) is 0. The van der Waals surface area contributed by atoms with Crippen LogP contribution in [0.3, 0.4) is 0 Å². The number of benzene rings is 2. The smallest absolute Gasteiger partial charge is 0.223 e. The molecule has 2 heterocycles. The summed E-state index contributed by atoms with van der Waals surface area (Å²) in [6.45, 7) is 9.17. The van der Waals surface area contributed by atoms with Gasteiger partial charge in [0.1, 0.15) is 0 Å². The second kappa shape index (κ2) is 9.81. The van der Waals surface area contributed by atoms with E-state index in [1.165, 1.54) is 41.5 Å². The molecule has 0 bridgehead atoms. The molecule has 2 aromatic carbocycles. The number of aryl methyl sites for hydroxylation is 2. The van der Waals surface area contributed by atoms with Gasteiger partial charge in [0.05, 0.1) is 17.6 Å². The highest BCUT2D eigenvalue weighted by Crippen LogP contribution is 2.30. The Labute approximate surface area is 203 Å². The third-order valence-electron chi connectivity index (χ3n) is 8.06. The molecule has 0 unspecified atom stereocenters. The number of amides is 1. The number of carbonyl (C=O) groups is 1. The number of para-hydroxylation sites is 2. The van der Waals surface area contributed by atoms with E-state index in [-0.39, 0.29) is 11.8 Å². The van der Waals surface area contributed by atoms with E-state index < -0.39 is 0 Å². The van der Waals surface area contributed by atoms with Gasteiger partial charge in [-0.25, -0.2) is 4.98 Å². The van der Waals surface area contributed by atoms with Gasteiger partial charge < -0.3 is 14.8 Å². The number of nitrogens with one attached hydrogen (secondary N) is 1. The highest BCUT2D eigenvalue weighted by Gasteiger charge is 2.30. The van der Waals surface area contributed by atoms with Crippen molar-refractivity contribution in [1.29, 1.82) is 0 Å². The number of hydrogen-bond acceptors (Lipinski definition) is 3. The van der Waals surface area contributed by atoms with Gasteiger partial charge in [0.15, 0.2) is 0 Å². The maximum Gasteiger partial charge on any atom is 0.223 e. The van der Waals surface area contributed by atoms with Crippen LogP contribution in [0.4, 0.5) is 5.95 Å². The molecule has 5 nitrogen and oxygen atoms in total. The van der Waals surface area contributed by atoms with Crippen molar-refractivity contribution in [3.8, 4) is 0 Å². The maximum atomic E-state index is 13.0. The molecule has 1 aliphatic carbocycles. The standard InChI is InChI=1S/C29H38N4O/c1-20-12-13-21(2)24(18-20)19-33-27-11-7-6-10-26(27)31-29(33)32-16-14-23(15-17-32)28(34)30-25-9-5-4-8-22(25)3/h6-7,10-13,18,22-23,25H,4-5,8-9,14-17,19H2,1-3H3,(H,30,34)/t22-,25-/m0/s1. The van der Waals surface area contributed by atoms with Crippen molar-refractivity contribution < 1.29 is 4.79 Å². The van der Waals surface area contributed by atoms with E-state index >= 15 is 0 Å². The Kier molecular flexibility index (Phi) is 6.62. The highest BCUT2D eigenvalue weighted by molar-refractivity contribution is 5.80. The number of carbonyl (C=O) groups excluding carboxylic acids is 1. The topological polar surface area (TPSA) is 50.2 Å². The summed E-state index contributed by atoms with van der Waals surface area (Å²) < 4.78 is 2.36. The minimum atomic E-state index is 0.113. The SMILES string of the molecule is Cc1ccc(C)c(Cn2c(N3CCC(C(=O)N[C@H]4CCCC[C@@H]4C)CC3)nc3ccccc32)c1. The molecular weight excluding hydrogens is 420 g/mol. The lowest BCUT2D eigenvalue weighted by Gasteiger charge is -2.35. The van der Waals surface area contributed by atoms with Gasteiger partial charge in [-0.15, -0.1) is 0 Å². The van der Waals surface area contributed by atoms with E-state index in [0.717, 1.165) is 50.4 Å². The van der Waals surface area contributed by atoms with Crippen molar-refractivity contribution in [3.63, 3.8) is 0 Å². The van der Waals surface area contributed by atoms with Crippen LogP contribution in [0.5, 0.6) is 0 Å². The van der Waals surface area contributed by atoms with Crippen LogP contribution in [0.15, 0.2) is 42.5 Å². The van der Waals surface area contributed by atoms with E-state index in [9.17, 15) is 4.79 Å². The fourth-order valence-electron chi connectivity index (χ4n) is 5.77. The van der Waals surface area contributed by atoms with Crippen LogP contribution in [0.2, 0.25) is 0 Å². The number of anilines is 1. The lowest BCUT2D eigenvalue weighted by molar-refractivity contribution is -0.126. The quantitative estimate of drug-likeness (QED) is 0.540. The number of imidazole rings is 1. The Morgan fingerprint density at radius 2 is 1.79 bits per heavy atom. The first-order valence-corrected chi connectivity index (χ1v) is 13.1. The van der Waals surface area contributed by atoms with Gasteiger partial charge in [-0.05, 0) is 68.7 Å². The average molecular weight is 459 g/mol. The van der Waals surface area contributed by atoms with Crippen LogP contribution in [-0.2, 0) is 11.3 Å². The maximum absolute atomic E-state index is 13.0. The Morgan fingerprint density at radius 1 is 1.03 bits per heavy atom. The molecule has 1 saturated heterocycles. The van der Waals surface area contributed by atoms with Gasteiger partial charge in [0.2, 0.25) is 11.9 Å². The minimum absolute atomic E-state index is 0.113. The zero-order chi connectivity index (χ0) is 23.7. The molecule has 1 amide bonds. The van der Waals surface area contributed by atoms with Crippen molar-refractivity contribution in [1.82, 2.24) is 14.9 Å². The first-order valence-electron chi connectivity index (χ1n) is 13.1. The minimum Gasteiger partial charge on any atom is -0.353 e. The zero-order valence-electron chi connectivity index (χ0n) is 20.9. The molecule has 0 spiro atoms. The van der Waals surface area contributed by atoms with Gasteiger partial charge in [-0.3, -0.25) is 4.79 Å². The van der Waals surface area contributed by atoms with E-state index in [2.05, 4.69) is 78.0 Å². The summed E-state index contributed by atoms with van der Waals surface area (Å²) in [6, 6.07) is 15.5. The van der Waals surface area contributed by atoms with E-state index in [0.29, 0.717) is 12.0 Å². The van der Waals surface area contributed by atoms with Crippen molar-refractivity contribution in [3.05, 3.63) is 59.2 Å². The molecule has 1 aromatic heterocycles. The molecule has 180 valence electrons. The molecular formula is C29H38N4O. The number of hydrogen-bond donors (Lipinski definition) is 1. The fraction of sp³-hybridized carbons (Fsp3) is 0.517. The largest absolute Gasteiger partial charge is 0.353 e. The first-order chi connectivity index (χ1) is 16.5. The van der Waals surface area contributed by atoms with E-state index in [1.54, 1.807) is 0 Å². The van der Waals surface area contributed by atoms with Gasteiger partial charge in [-0.1, -0.05) is 55.7 Å². The predicted octanol–water partition coefficient (Wildman–Crippen LogP) is 5.61. The number of piperidine rings is 1. The van der Waals surface area contributed by atoms with Gasteiger partial charge in [-0.2, -0.15) is 0 Å². The van der Waals surface area contributed by atoms with Crippen molar-refractivity contribution in [2.75, 3.05) is 18.0 Å². The van der Waals surface area contributed by atoms with Crippen molar-refractivity contribution in [2.45, 2.75) is 71.9 Å². The van der Waals surface area contributed by atoms with Crippen molar-refractivity contribution in [2.24, 2.45) is 11.8 Å². The second-order valence-corrected chi connectivity index (χ2v) is 10.6. The Balaban J connectivity index is 1.32. The van der Waals surface area contributed by atoms with Crippen LogP contribution in [0.1, 0.15) is 62.1 Å². The van der Waals surface area contributed by atoms with Crippen LogP contribution < -0.4 is 10.2 Å². The van der Waals surface area contributed by atoms with E-state index in [4.69, 9.17) is 4.98 Å². The van der Waals surface area contributed by atoms with E-state index in [1.807, 2.05) is 0 Å². The average Bonchev–Trinajstić information content (AvgIpc) is 3.21. The fourth-order valence-corrected chi connectivity index (χ4v) is 5.77. The second-order valence-electron chi connectivity index (χ2n) is 10.6. The third kappa shape index (κ3) is 4.70. The molecule has 2 fully saturated rings. The number of nitrogens with zero attached hydrogens (tertiary/aromatic N) is 3. The van der Waals surface area contributed by atoms with Gasteiger partial charge in [0, 0.05) is 25.0 Å². The van der Waals surface area contributed by atoms with Crippen molar-refractivity contribution >= 4 is 22.9 Å². The third-order valence-corrected chi connectivity index (χ3v) is 8.06. The summed E-state index contributed by atoms with van der Waals surface area (Å²) in [5.74, 6) is 2.01. The molecule has 34 heavy (non-hydrogen) atoms. The Hall–Kier alpha value is -2.82. The Bertz CT molecular complexity index is 1160. The highest BCUT2D eigenvalue weighted by atomic mass is 16.2. The lowest BCUT2D eigenvalue weighted by atomic mass is 9.85. The summed E-state index contributed by atoms with van der Waals surface area (Å²) in [5, 5.41) is 3.39. The Morgan fingerprint density at radius 3 is 2.59 bits per heavy atom. The van der Waals surface area contributed by atoms with Gasteiger partial charge >= 0.3 is 0 Å². The van der Waals surface area contributed by atoms with Gasteiger partial charge in [0.25, 0.3) is 0 Å². The van der Waals surface area contributed by atoms with Crippen LogP contribution in [0, 0.1) is 25.7 Å². The molecule has 1 N–H and O–H groups in total. The summed E-state index contributed by atoms with van der Waals surface area (Å²) in [6.07, 6.45) is 6.69. The molecule has 1 saturated carbocycles. The molecule has 2 aliphatic rings. The normalized spacial score (nSPS) is 21.7. The number of aromatic nitrogens is 2. The number of rotatable bonds is 5. The van der Waals surface area contributed by atoms with Crippen LogP contribution in [0.25, 0.3) is 11.0 Å². The number of fused-ring (bicyclic) bond motifs is 1. The summed E-state index contributed by atoms with van der Waals surface area (Å²) in [5.41, 5.74) is 6.13.